The summed E-state index contributed by atoms with van der Waals surface area (Å²) in [5.74, 6) is 0.494. The van der Waals surface area contributed by atoms with Gasteiger partial charge in [-0.15, -0.1) is 0 Å². The maximum atomic E-state index is 12.6. The average Bonchev–Trinajstić information content (AvgIpc) is 3.39. The van der Waals surface area contributed by atoms with Crippen LogP contribution in [0.15, 0.2) is 67.1 Å². The van der Waals surface area contributed by atoms with Crippen molar-refractivity contribution in [3.8, 4) is 5.75 Å². The van der Waals surface area contributed by atoms with Crippen LogP contribution in [0.1, 0.15) is 54.7 Å². The molecule has 0 radical (unpaired) electrons. The fraction of sp³-hybridized carbons (Fsp3) is 0.323. The number of carbonyl (C=O) groups excluding carboxylic acids is 1. The van der Waals surface area contributed by atoms with E-state index in [1.807, 2.05) is 48.0 Å². The Morgan fingerprint density at radius 2 is 1.95 bits per heavy atom. The van der Waals surface area contributed by atoms with Crippen molar-refractivity contribution in [3.05, 3.63) is 89.6 Å². The van der Waals surface area contributed by atoms with Gasteiger partial charge in [0.25, 0.3) is 0 Å². The van der Waals surface area contributed by atoms with Crippen LogP contribution in [0.2, 0.25) is 0 Å². The predicted molar refractivity (Wildman–Crippen MR) is 149 cm³/mol. The lowest BCUT2D eigenvalue weighted by Crippen LogP contribution is -2.18. The number of pyridine rings is 3. The van der Waals surface area contributed by atoms with E-state index >= 15 is 0 Å². The summed E-state index contributed by atoms with van der Waals surface area (Å²) in [5, 5.41) is 6.52. The van der Waals surface area contributed by atoms with Gasteiger partial charge in [0.2, 0.25) is 0 Å². The summed E-state index contributed by atoms with van der Waals surface area (Å²) in [4.78, 5) is 26.3. The summed E-state index contributed by atoms with van der Waals surface area (Å²) in [6, 6.07) is 15.8. The van der Waals surface area contributed by atoms with Crippen LogP contribution < -0.4 is 4.74 Å². The van der Waals surface area contributed by atoms with E-state index in [0.29, 0.717) is 18.9 Å². The van der Waals surface area contributed by atoms with Crippen molar-refractivity contribution in [2.45, 2.75) is 51.5 Å². The molecule has 0 saturated heterocycles. The molecular formula is C31H31N5O3. The molecular weight excluding hydrogens is 490 g/mol. The van der Waals surface area contributed by atoms with Gasteiger partial charge in [0.05, 0.1) is 37.4 Å². The Morgan fingerprint density at radius 3 is 2.87 bits per heavy atom. The maximum Gasteiger partial charge on any atom is 0.308 e. The standard InChI is InChI=1S/C31H31N5O3/c1-2-38-30(37)18-29(23-16-22-7-5-14-32-31(22)33-19-23)36-28-12-11-26(17-24(28)20-34-36)39-15-13-25-10-9-21-6-3-4-8-27(21)35-25/h5,7,9-12,14,16-17,19-20,29H,2-4,6,8,13,15,18H2,1H3. The molecule has 0 aliphatic heterocycles. The molecule has 39 heavy (non-hydrogen) atoms. The van der Waals surface area contributed by atoms with E-state index in [4.69, 9.17) is 14.5 Å². The van der Waals surface area contributed by atoms with Gasteiger partial charge in [-0.2, -0.15) is 5.10 Å². The van der Waals surface area contributed by atoms with Crippen LogP contribution in [0, 0.1) is 0 Å². The van der Waals surface area contributed by atoms with Crippen molar-refractivity contribution in [3.63, 3.8) is 0 Å². The summed E-state index contributed by atoms with van der Waals surface area (Å²) in [6.07, 6.45) is 10.9. The minimum absolute atomic E-state index is 0.143. The van der Waals surface area contributed by atoms with Gasteiger partial charge in [-0.05, 0) is 86.2 Å². The van der Waals surface area contributed by atoms with Crippen LogP contribution in [0.25, 0.3) is 21.9 Å². The summed E-state index contributed by atoms with van der Waals surface area (Å²) in [7, 11) is 0. The number of benzene rings is 1. The van der Waals surface area contributed by atoms with E-state index in [-0.39, 0.29) is 18.4 Å². The summed E-state index contributed by atoms with van der Waals surface area (Å²) >= 11 is 0. The third-order valence-corrected chi connectivity index (χ3v) is 7.25. The average molecular weight is 522 g/mol. The minimum atomic E-state index is -0.375. The van der Waals surface area contributed by atoms with Gasteiger partial charge in [-0.3, -0.25) is 14.5 Å². The highest BCUT2D eigenvalue weighted by Crippen LogP contribution is 2.30. The molecule has 1 aliphatic rings. The van der Waals surface area contributed by atoms with Gasteiger partial charge in [-0.25, -0.2) is 9.97 Å². The Labute approximate surface area is 227 Å². The van der Waals surface area contributed by atoms with E-state index in [2.05, 4.69) is 27.2 Å². The number of ether oxygens (including phenoxy) is 2. The van der Waals surface area contributed by atoms with E-state index in [1.165, 1.54) is 24.1 Å². The van der Waals surface area contributed by atoms with Crippen LogP contribution in [0.5, 0.6) is 5.75 Å². The van der Waals surface area contributed by atoms with Crippen molar-refractivity contribution >= 4 is 27.9 Å². The zero-order chi connectivity index (χ0) is 26.6. The maximum absolute atomic E-state index is 12.6. The van der Waals surface area contributed by atoms with Crippen molar-refractivity contribution in [1.29, 1.82) is 0 Å². The van der Waals surface area contributed by atoms with Crippen molar-refractivity contribution in [2.24, 2.45) is 0 Å². The Morgan fingerprint density at radius 1 is 1.03 bits per heavy atom. The monoisotopic (exact) mass is 521 g/mol. The van der Waals surface area contributed by atoms with E-state index < -0.39 is 0 Å². The van der Waals surface area contributed by atoms with Gasteiger partial charge >= 0.3 is 5.97 Å². The minimum Gasteiger partial charge on any atom is -0.493 e. The van der Waals surface area contributed by atoms with Crippen molar-refractivity contribution in [1.82, 2.24) is 24.7 Å². The molecule has 0 amide bonds. The van der Waals surface area contributed by atoms with Gasteiger partial charge in [0, 0.05) is 41.0 Å². The molecule has 1 aliphatic carbocycles. The zero-order valence-electron chi connectivity index (χ0n) is 22.0. The SMILES string of the molecule is CCOC(=O)CC(c1cnc2ncccc2c1)n1ncc2cc(OCCc3ccc4c(n3)CCCC4)ccc21. The molecule has 1 atom stereocenters. The molecule has 4 heterocycles. The molecule has 8 heteroatoms. The largest absolute Gasteiger partial charge is 0.493 e. The van der Waals surface area contributed by atoms with E-state index in [9.17, 15) is 4.79 Å². The number of esters is 1. The zero-order valence-corrected chi connectivity index (χ0v) is 22.0. The normalized spacial score (nSPS) is 13.8. The molecule has 0 bridgehead atoms. The highest BCUT2D eigenvalue weighted by Gasteiger charge is 2.23. The molecule has 1 unspecified atom stereocenters. The first-order valence-electron chi connectivity index (χ1n) is 13.6. The lowest BCUT2D eigenvalue weighted by molar-refractivity contribution is -0.143. The van der Waals surface area contributed by atoms with Crippen molar-refractivity contribution < 1.29 is 14.3 Å². The second-order valence-electron chi connectivity index (χ2n) is 9.87. The van der Waals surface area contributed by atoms with Gasteiger partial charge in [-0.1, -0.05) is 6.07 Å². The summed E-state index contributed by atoms with van der Waals surface area (Å²) in [6.45, 7) is 2.68. The van der Waals surface area contributed by atoms with E-state index in [0.717, 1.165) is 52.6 Å². The number of fused-ring (bicyclic) bond motifs is 3. The van der Waals surface area contributed by atoms with Gasteiger partial charge in [0.1, 0.15) is 5.75 Å². The number of rotatable bonds is 9. The Kier molecular flexibility index (Phi) is 7.17. The molecule has 5 aromatic rings. The smallest absolute Gasteiger partial charge is 0.308 e. The molecule has 0 N–H and O–H groups in total. The van der Waals surface area contributed by atoms with Crippen LogP contribution in [0.4, 0.5) is 0 Å². The van der Waals surface area contributed by atoms with E-state index in [1.54, 1.807) is 18.6 Å². The first kappa shape index (κ1) is 25.0. The second kappa shape index (κ2) is 11.2. The summed E-state index contributed by atoms with van der Waals surface area (Å²) < 4.78 is 13.2. The molecule has 0 saturated carbocycles. The Bertz CT molecular complexity index is 1630. The van der Waals surface area contributed by atoms with Crippen LogP contribution in [-0.4, -0.2) is 43.9 Å². The lowest BCUT2D eigenvalue weighted by atomic mass is 9.96. The topological polar surface area (TPSA) is 92.0 Å². The molecule has 8 nitrogen and oxygen atoms in total. The lowest BCUT2D eigenvalue weighted by Gasteiger charge is -2.19. The molecule has 1 aromatic carbocycles. The highest BCUT2D eigenvalue weighted by atomic mass is 16.5. The van der Waals surface area contributed by atoms with Crippen LogP contribution in [-0.2, 0) is 28.8 Å². The molecule has 0 spiro atoms. The third-order valence-electron chi connectivity index (χ3n) is 7.25. The number of aromatic nitrogens is 5. The Hall–Kier alpha value is -4.33. The Balaban J connectivity index is 1.22. The first-order chi connectivity index (χ1) is 19.2. The molecule has 4 aromatic heterocycles. The van der Waals surface area contributed by atoms with Crippen LogP contribution in [0.3, 0.4) is 0 Å². The van der Waals surface area contributed by atoms with Gasteiger partial charge in [0.15, 0.2) is 5.65 Å². The number of hydrogen-bond acceptors (Lipinski definition) is 7. The number of carbonyl (C=O) groups is 1. The van der Waals surface area contributed by atoms with Crippen molar-refractivity contribution in [2.75, 3.05) is 13.2 Å². The molecule has 0 fully saturated rings. The quantitative estimate of drug-likeness (QED) is 0.239. The third kappa shape index (κ3) is 5.46. The predicted octanol–water partition coefficient (Wildman–Crippen LogP) is 5.42. The first-order valence-corrected chi connectivity index (χ1v) is 13.6. The fourth-order valence-electron chi connectivity index (χ4n) is 5.30. The van der Waals surface area contributed by atoms with Crippen LogP contribution >= 0.6 is 0 Å². The summed E-state index contributed by atoms with van der Waals surface area (Å²) in [5.41, 5.74) is 6.15. The number of aryl methyl sites for hydroxylation is 2. The number of hydrogen-bond donors (Lipinski definition) is 0. The molecule has 6 rings (SSSR count). The number of nitrogens with zero attached hydrogens (tertiary/aromatic N) is 5. The van der Waals surface area contributed by atoms with Gasteiger partial charge < -0.3 is 9.47 Å². The highest BCUT2D eigenvalue weighted by molar-refractivity contribution is 5.81. The second-order valence-corrected chi connectivity index (χ2v) is 9.87. The fourth-order valence-corrected chi connectivity index (χ4v) is 5.30. The molecule has 198 valence electrons.